The van der Waals surface area contributed by atoms with E-state index in [2.05, 4.69) is 10.6 Å². The highest BCUT2D eigenvalue weighted by Gasteiger charge is 2.22. The van der Waals surface area contributed by atoms with Crippen LogP contribution in [0.2, 0.25) is 0 Å². The normalized spacial score (nSPS) is 14.1. The fourth-order valence-corrected chi connectivity index (χ4v) is 2.05. The molecule has 0 heterocycles. The lowest BCUT2D eigenvalue weighted by Crippen LogP contribution is -2.44. The number of nitrogens with one attached hydrogen (secondary N) is 2. The molecule has 5 heteroatoms. The van der Waals surface area contributed by atoms with Crippen LogP contribution < -0.4 is 10.6 Å². The Kier molecular flexibility index (Phi) is 3.27. The van der Waals surface area contributed by atoms with E-state index in [-0.39, 0.29) is 12.6 Å². The quantitative estimate of drug-likeness (QED) is 0.714. The van der Waals surface area contributed by atoms with Gasteiger partial charge < -0.3 is 15.7 Å². The van der Waals surface area contributed by atoms with E-state index in [1.807, 2.05) is 24.3 Å². The fourth-order valence-electron chi connectivity index (χ4n) is 2.05. The van der Waals surface area contributed by atoms with E-state index in [1.54, 1.807) is 0 Å². The third-order valence-electron chi connectivity index (χ3n) is 2.79. The number of aliphatic carboxylic acids is 1. The number of benzene rings is 1. The summed E-state index contributed by atoms with van der Waals surface area (Å²) in [6, 6.07) is 7.68. The predicted octanol–water partition coefficient (Wildman–Crippen LogP) is 0.538. The summed E-state index contributed by atoms with van der Waals surface area (Å²) >= 11 is 0. The second-order valence-electron chi connectivity index (χ2n) is 4.09. The van der Waals surface area contributed by atoms with Gasteiger partial charge in [0.2, 0.25) is 0 Å². The Balaban J connectivity index is 1.83. The maximum atomic E-state index is 11.4. The first-order valence-electron chi connectivity index (χ1n) is 5.48. The lowest BCUT2D eigenvalue weighted by Gasteiger charge is -2.11. The minimum atomic E-state index is -1.05. The van der Waals surface area contributed by atoms with Gasteiger partial charge in [0.25, 0.3) is 0 Å². The number of carboxylic acids is 1. The molecule has 90 valence electrons. The molecular formula is C12H14N2O3. The lowest BCUT2D eigenvalue weighted by atomic mass is 10.1. The molecule has 0 saturated carbocycles. The van der Waals surface area contributed by atoms with Crippen molar-refractivity contribution in [1.29, 1.82) is 0 Å². The Morgan fingerprint density at radius 2 is 1.82 bits per heavy atom. The zero-order valence-electron chi connectivity index (χ0n) is 9.27. The predicted molar refractivity (Wildman–Crippen MR) is 61.8 cm³/mol. The third kappa shape index (κ3) is 2.96. The topological polar surface area (TPSA) is 78.4 Å². The summed E-state index contributed by atoms with van der Waals surface area (Å²) in [4.78, 5) is 21.6. The number of urea groups is 1. The highest BCUT2D eigenvalue weighted by Crippen LogP contribution is 2.21. The zero-order valence-corrected chi connectivity index (χ0v) is 9.27. The molecule has 0 fully saturated rings. The Labute approximate surface area is 98.8 Å². The van der Waals surface area contributed by atoms with Gasteiger partial charge in [0.1, 0.15) is 6.54 Å². The van der Waals surface area contributed by atoms with Crippen LogP contribution in [-0.2, 0) is 17.6 Å². The molecule has 2 amide bonds. The molecule has 17 heavy (non-hydrogen) atoms. The molecule has 0 atom stereocenters. The first-order valence-corrected chi connectivity index (χ1v) is 5.48. The first kappa shape index (κ1) is 11.4. The molecule has 5 nitrogen and oxygen atoms in total. The number of hydrogen-bond acceptors (Lipinski definition) is 2. The van der Waals surface area contributed by atoms with Crippen molar-refractivity contribution >= 4 is 12.0 Å². The third-order valence-corrected chi connectivity index (χ3v) is 2.79. The monoisotopic (exact) mass is 234 g/mol. The number of amides is 2. The average molecular weight is 234 g/mol. The van der Waals surface area contributed by atoms with Crippen molar-refractivity contribution < 1.29 is 14.7 Å². The van der Waals surface area contributed by atoms with Crippen molar-refractivity contribution in [2.45, 2.75) is 18.9 Å². The Morgan fingerprint density at radius 3 is 2.35 bits per heavy atom. The van der Waals surface area contributed by atoms with Gasteiger partial charge >= 0.3 is 12.0 Å². The summed E-state index contributed by atoms with van der Waals surface area (Å²) in [5.74, 6) is -1.05. The summed E-state index contributed by atoms with van der Waals surface area (Å²) in [6.07, 6.45) is 1.60. The van der Waals surface area contributed by atoms with Crippen LogP contribution in [0.25, 0.3) is 0 Å². The van der Waals surface area contributed by atoms with Gasteiger partial charge in [-0.1, -0.05) is 24.3 Å². The number of carbonyl (C=O) groups excluding carboxylic acids is 1. The Morgan fingerprint density at radius 1 is 1.24 bits per heavy atom. The van der Waals surface area contributed by atoms with Crippen molar-refractivity contribution in [2.75, 3.05) is 6.54 Å². The van der Waals surface area contributed by atoms with Crippen molar-refractivity contribution in [3.05, 3.63) is 35.4 Å². The van der Waals surface area contributed by atoms with Gasteiger partial charge in [-0.05, 0) is 24.0 Å². The summed E-state index contributed by atoms with van der Waals surface area (Å²) in [6.45, 7) is -0.356. The smallest absolute Gasteiger partial charge is 0.323 e. The fraction of sp³-hybridized carbons (Fsp3) is 0.333. The van der Waals surface area contributed by atoms with Gasteiger partial charge in [-0.15, -0.1) is 0 Å². The van der Waals surface area contributed by atoms with Gasteiger partial charge in [-0.25, -0.2) is 4.79 Å². The molecule has 0 spiro atoms. The van der Waals surface area contributed by atoms with Crippen LogP contribution in [0.1, 0.15) is 11.1 Å². The highest BCUT2D eigenvalue weighted by atomic mass is 16.4. The van der Waals surface area contributed by atoms with Crippen LogP contribution in [0.4, 0.5) is 4.79 Å². The molecule has 0 radical (unpaired) electrons. The van der Waals surface area contributed by atoms with E-state index in [9.17, 15) is 9.59 Å². The van der Waals surface area contributed by atoms with Crippen LogP contribution >= 0.6 is 0 Å². The second kappa shape index (κ2) is 4.86. The number of carboxylic acid groups (broad SMARTS) is 1. The van der Waals surface area contributed by atoms with Crippen LogP contribution in [0.3, 0.4) is 0 Å². The highest BCUT2D eigenvalue weighted by molar-refractivity contribution is 5.80. The minimum Gasteiger partial charge on any atom is -0.480 e. The summed E-state index contributed by atoms with van der Waals surface area (Å²) in [5, 5.41) is 13.5. The molecular weight excluding hydrogens is 220 g/mol. The maximum absolute atomic E-state index is 11.4. The Bertz CT molecular complexity index is 420. The molecule has 2 rings (SSSR count). The largest absolute Gasteiger partial charge is 0.480 e. The number of rotatable bonds is 3. The van der Waals surface area contributed by atoms with Crippen molar-refractivity contribution in [2.24, 2.45) is 0 Å². The van der Waals surface area contributed by atoms with E-state index < -0.39 is 12.0 Å². The van der Waals surface area contributed by atoms with Gasteiger partial charge in [0, 0.05) is 6.04 Å². The van der Waals surface area contributed by atoms with Gasteiger partial charge in [0.05, 0.1) is 0 Å². The molecule has 0 saturated heterocycles. The van der Waals surface area contributed by atoms with Crippen molar-refractivity contribution in [3.8, 4) is 0 Å². The standard InChI is InChI=1S/C12H14N2O3/c15-11(16)7-13-12(17)14-10-5-8-3-1-2-4-9(8)6-10/h1-4,10H,5-7H2,(H,15,16)(H2,13,14,17). The van der Waals surface area contributed by atoms with Gasteiger partial charge in [0.15, 0.2) is 0 Å². The van der Waals surface area contributed by atoms with Crippen LogP contribution in [0.5, 0.6) is 0 Å². The maximum Gasteiger partial charge on any atom is 0.323 e. The minimum absolute atomic E-state index is 0.0567. The van der Waals surface area contributed by atoms with Crippen LogP contribution in [-0.4, -0.2) is 29.7 Å². The molecule has 1 aliphatic rings. The molecule has 1 aromatic carbocycles. The summed E-state index contributed by atoms with van der Waals surface area (Å²) < 4.78 is 0. The van der Waals surface area contributed by atoms with Gasteiger partial charge in [-0.3, -0.25) is 4.79 Å². The number of carbonyl (C=O) groups is 2. The second-order valence-corrected chi connectivity index (χ2v) is 4.09. The van der Waals surface area contributed by atoms with Crippen LogP contribution in [0.15, 0.2) is 24.3 Å². The Hall–Kier alpha value is -2.04. The molecule has 1 aromatic rings. The van der Waals surface area contributed by atoms with Crippen molar-refractivity contribution in [3.63, 3.8) is 0 Å². The van der Waals surface area contributed by atoms with Gasteiger partial charge in [-0.2, -0.15) is 0 Å². The SMILES string of the molecule is O=C(O)CNC(=O)NC1Cc2ccccc2C1. The van der Waals surface area contributed by atoms with E-state index >= 15 is 0 Å². The molecule has 0 unspecified atom stereocenters. The summed E-state index contributed by atoms with van der Waals surface area (Å²) in [7, 11) is 0. The first-order chi connectivity index (χ1) is 8.15. The molecule has 0 bridgehead atoms. The zero-order chi connectivity index (χ0) is 12.3. The van der Waals surface area contributed by atoms with Crippen LogP contribution in [0, 0.1) is 0 Å². The molecule has 0 aliphatic heterocycles. The lowest BCUT2D eigenvalue weighted by molar-refractivity contribution is -0.135. The van der Waals surface area contributed by atoms with E-state index in [1.165, 1.54) is 11.1 Å². The number of fused-ring (bicyclic) bond motifs is 1. The summed E-state index contributed by atoms with van der Waals surface area (Å²) in [5.41, 5.74) is 2.49. The average Bonchev–Trinajstić information content (AvgIpc) is 2.68. The molecule has 1 aliphatic carbocycles. The van der Waals surface area contributed by atoms with E-state index in [4.69, 9.17) is 5.11 Å². The molecule has 0 aromatic heterocycles. The van der Waals surface area contributed by atoms with E-state index in [0.717, 1.165) is 12.8 Å². The number of hydrogen-bond donors (Lipinski definition) is 3. The van der Waals surface area contributed by atoms with Crippen molar-refractivity contribution in [1.82, 2.24) is 10.6 Å². The van der Waals surface area contributed by atoms with E-state index in [0.29, 0.717) is 0 Å². The molecule has 3 N–H and O–H groups in total.